The van der Waals surface area contributed by atoms with Gasteiger partial charge in [0.25, 0.3) is 0 Å². The number of hydrogen-bond acceptors (Lipinski definition) is 6. The maximum Gasteiger partial charge on any atom is 0.118 e. The molecule has 124 valence electrons. The van der Waals surface area contributed by atoms with Gasteiger partial charge in [-0.3, -0.25) is 4.90 Å². The Bertz CT molecular complexity index is 587. The van der Waals surface area contributed by atoms with Crippen molar-refractivity contribution in [2.24, 2.45) is 5.92 Å². The van der Waals surface area contributed by atoms with Crippen molar-refractivity contribution in [1.29, 1.82) is 0 Å². The van der Waals surface area contributed by atoms with Crippen molar-refractivity contribution in [3.63, 3.8) is 0 Å². The lowest BCUT2D eigenvalue weighted by molar-refractivity contribution is -0.0904. The fourth-order valence-corrected chi connectivity index (χ4v) is 4.29. The van der Waals surface area contributed by atoms with Crippen molar-refractivity contribution in [1.82, 2.24) is 9.88 Å². The minimum Gasteiger partial charge on any atom is -0.468 e. The van der Waals surface area contributed by atoms with Gasteiger partial charge >= 0.3 is 0 Å². The molecule has 0 spiro atoms. The van der Waals surface area contributed by atoms with Gasteiger partial charge in [0.2, 0.25) is 0 Å². The van der Waals surface area contributed by atoms with Gasteiger partial charge in [-0.05, 0) is 25.0 Å². The predicted octanol–water partition coefficient (Wildman–Crippen LogP) is 2.93. The summed E-state index contributed by atoms with van der Waals surface area (Å²) in [6, 6.07) is 4.49. The summed E-state index contributed by atoms with van der Waals surface area (Å²) >= 11 is 1.64. The van der Waals surface area contributed by atoms with Gasteiger partial charge in [0.15, 0.2) is 0 Å². The summed E-state index contributed by atoms with van der Waals surface area (Å²) in [6.07, 6.45) is 6.21. The summed E-state index contributed by atoms with van der Waals surface area (Å²) in [5.41, 5.74) is 0. The van der Waals surface area contributed by atoms with Crippen LogP contribution >= 0.6 is 11.3 Å². The van der Waals surface area contributed by atoms with E-state index in [0.29, 0.717) is 18.6 Å². The lowest BCUT2D eigenvalue weighted by atomic mass is 10.0. The molecule has 3 heterocycles. The highest BCUT2D eigenvalue weighted by atomic mass is 32.1. The molecule has 2 aliphatic rings. The molecule has 2 fully saturated rings. The third kappa shape index (κ3) is 3.50. The van der Waals surface area contributed by atoms with Crippen molar-refractivity contribution < 1.29 is 13.9 Å². The number of aromatic nitrogens is 1. The van der Waals surface area contributed by atoms with Crippen molar-refractivity contribution in [3.8, 4) is 0 Å². The van der Waals surface area contributed by atoms with Crippen molar-refractivity contribution in [3.05, 3.63) is 40.7 Å². The quantitative estimate of drug-likeness (QED) is 0.813. The average molecular weight is 334 g/mol. The van der Waals surface area contributed by atoms with E-state index >= 15 is 0 Å². The Kier molecular flexibility index (Phi) is 4.75. The number of hydrogen-bond donors (Lipinski definition) is 0. The molecule has 2 aromatic heterocycles. The van der Waals surface area contributed by atoms with Gasteiger partial charge in [-0.25, -0.2) is 4.98 Å². The van der Waals surface area contributed by atoms with E-state index in [4.69, 9.17) is 13.9 Å². The molecule has 1 aliphatic heterocycles. The second-order valence-electron chi connectivity index (χ2n) is 6.23. The Labute approximate surface area is 140 Å². The molecule has 0 N–H and O–H groups in total. The molecule has 0 aromatic carbocycles. The zero-order valence-corrected chi connectivity index (χ0v) is 13.9. The van der Waals surface area contributed by atoms with Crippen LogP contribution in [0.1, 0.15) is 23.6 Å². The fraction of sp³-hybridized carbons (Fsp3) is 0.588. The molecular formula is C17H22N2O3S. The lowest BCUT2D eigenvalue weighted by Crippen LogP contribution is -2.50. The number of fused-ring (bicyclic) bond motifs is 1. The van der Waals surface area contributed by atoms with Crippen molar-refractivity contribution >= 4 is 11.3 Å². The minimum absolute atomic E-state index is 0.287. The van der Waals surface area contributed by atoms with Crippen LogP contribution in [0.15, 0.2) is 34.4 Å². The standard InChI is InChI=1S/C17H22N2O3S/c1-2-14(21-7-1)10-19-6-8-22-17-13(3-4-15(17)19)11-20-12-16-18-5-9-23-16/h1-2,5,7,9,13,15,17H,3-4,6,8,10-12H2/t13-,15-,17+/m0/s1. The molecule has 0 bridgehead atoms. The van der Waals surface area contributed by atoms with Gasteiger partial charge < -0.3 is 13.9 Å². The summed E-state index contributed by atoms with van der Waals surface area (Å²) in [5.74, 6) is 1.52. The molecule has 1 saturated heterocycles. The number of ether oxygens (including phenoxy) is 2. The van der Waals surface area contributed by atoms with Crippen LogP contribution in [0.4, 0.5) is 0 Å². The van der Waals surface area contributed by atoms with Crippen LogP contribution in [-0.2, 0) is 22.6 Å². The van der Waals surface area contributed by atoms with Crippen LogP contribution in [0.5, 0.6) is 0 Å². The molecule has 5 nitrogen and oxygen atoms in total. The van der Waals surface area contributed by atoms with E-state index in [-0.39, 0.29) is 6.10 Å². The third-order valence-corrected chi connectivity index (χ3v) is 5.57. The number of rotatable bonds is 6. The van der Waals surface area contributed by atoms with E-state index in [1.165, 1.54) is 12.8 Å². The molecule has 6 heteroatoms. The van der Waals surface area contributed by atoms with E-state index in [1.807, 2.05) is 23.7 Å². The number of furan rings is 1. The molecule has 0 amide bonds. The summed E-state index contributed by atoms with van der Waals surface area (Å²) in [5, 5.41) is 3.03. The minimum atomic E-state index is 0.287. The Balaban J connectivity index is 1.31. The first-order valence-electron chi connectivity index (χ1n) is 8.24. The van der Waals surface area contributed by atoms with Gasteiger partial charge in [0, 0.05) is 30.1 Å². The summed E-state index contributed by atoms with van der Waals surface area (Å²) < 4.78 is 17.5. The average Bonchev–Trinajstić information content (AvgIpc) is 3.30. The topological polar surface area (TPSA) is 47.7 Å². The van der Waals surface area contributed by atoms with Gasteiger partial charge in [0.05, 0.1) is 38.7 Å². The molecule has 2 aromatic rings. The zero-order valence-electron chi connectivity index (χ0n) is 13.1. The molecule has 23 heavy (non-hydrogen) atoms. The van der Waals surface area contributed by atoms with Crippen molar-refractivity contribution in [2.75, 3.05) is 19.8 Å². The normalized spacial score (nSPS) is 28.1. The summed E-state index contributed by atoms with van der Waals surface area (Å²) in [6.45, 7) is 4.03. The van der Waals surface area contributed by atoms with Crippen LogP contribution in [0, 0.1) is 5.92 Å². The Morgan fingerprint density at radius 1 is 1.39 bits per heavy atom. The molecule has 4 rings (SSSR count). The highest BCUT2D eigenvalue weighted by Gasteiger charge is 2.42. The Morgan fingerprint density at radius 3 is 3.22 bits per heavy atom. The monoisotopic (exact) mass is 334 g/mol. The van der Waals surface area contributed by atoms with E-state index in [2.05, 4.69) is 9.88 Å². The SMILES string of the molecule is c1coc(CN2CCO[C@@H]3[C@H](COCc4nccs4)CC[C@@H]32)c1. The van der Waals surface area contributed by atoms with Crippen LogP contribution in [0.2, 0.25) is 0 Å². The maximum absolute atomic E-state index is 6.09. The molecule has 3 atom stereocenters. The fourth-order valence-electron chi connectivity index (χ4n) is 3.74. The highest BCUT2D eigenvalue weighted by molar-refractivity contribution is 7.09. The number of nitrogens with zero attached hydrogens (tertiary/aromatic N) is 2. The van der Waals surface area contributed by atoms with Crippen LogP contribution < -0.4 is 0 Å². The molecule has 0 radical (unpaired) electrons. The van der Waals surface area contributed by atoms with E-state index in [1.54, 1.807) is 17.6 Å². The second kappa shape index (κ2) is 7.13. The number of morpholine rings is 1. The first kappa shape index (κ1) is 15.3. The predicted molar refractivity (Wildman–Crippen MR) is 87.1 cm³/mol. The van der Waals surface area contributed by atoms with Gasteiger partial charge in [-0.2, -0.15) is 0 Å². The van der Waals surface area contributed by atoms with Gasteiger partial charge in [0.1, 0.15) is 10.8 Å². The molecular weight excluding hydrogens is 312 g/mol. The Hall–Kier alpha value is -1.21. The smallest absolute Gasteiger partial charge is 0.118 e. The summed E-state index contributed by atoms with van der Waals surface area (Å²) in [7, 11) is 0. The van der Waals surface area contributed by atoms with E-state index < -0.39 is 0 Å². The van der Waals surface area contributed by atoms with E-state index in [0.717, 1.165) is 37.1 Å². The number of thiazole rings is 1. The van der Waals surface area contributed by atoms with Crippen LogP contribution in [0.3, 0.4) is 0 Å². The highest BCUT2D eigenvalue weighted by Crippen LogP contribution is 2.35. The molecule has 0 unspecified atom stereocenters. The Morgan fingerprint density at radius 2 is 2.39 bits per heavy atom. The van der Waals surface area contributed by atoms with Crippen LogP contribution in [0.25, 0.3) is 0 Å². The van der Waals surface area contributed by atoms with Gasteiger partial charge in [-0.15, -0.1) is 11.3 Å². The molecule has 1 saturated carbocycles. The first-order chi connectivity index (χ1) is 11.4. The lowest BCUT2D eigenvalue weighted by Gasteiger charge is -2.38. The largest absolute Gasteiger partial charge is 0.468 e. The second-order valence-corrected chi connectivity index (χ2v) is 7.21. The molecule has 1 aliphatic carbocycles. The zero-order chi connectivity index (χ0) is 15.5. The maximum atomic E-state index is 6.09. The van der Waals surface area contributed by atoms with Crippen LogP contribution in [-0.4, -0.2) is 41.8 Å². The van der Waals surface area contributed by atoms with Crippen molar-refractivity contribution in [2.45, 2.75) is 38.1 Å². The first-order valence-corrected chi connectivity index (χ1v) is 9.12. The van der Waals surface area contributed by atoms with Gasteiger partial charge in [-0.1, -0.05) is 0 Å². The van der Waals surface area contributed by atoms with E-state index in [9.17, 15) is 0 Å². The summed E-state index contributed by atoms with van der Waals surface area (Å²) in [4.78, 5) is 6.77. The third-order valence-electron chi connectivity index (χ3n) is 4.81.